The molecule has 0 fully saturated rings. The number of halogens is 2. The van der Waals surface area contributed by atoms with E-state index < -0.39 is 5.91 Å². The van der Waals surface area contributed by atoms with Gasteiger partial charge in [0, 0.05) is 16.6 Å². The summed E-state index contributed by atoms with van der Waals surface area (Å²) in [4.78, 5) is 12.2. The Morgan fingerprint density at radius 1 is 1.19 bits per heavy atom. The molecule has 0 aliphatic carbocycles. The van der Waals surface area contributed by atoms with Gasteiger partial charge in [-0.05, 0) is 36.2 Å². The molecule has 0 bridgehead atoms. The molecule has 6 nitrogen and oxygen atoms in total. The zero-order valence-electron chi connectivity index (χ0n) is 13.8. The van der Waals surface area contributed by atoms with E-state index in [4.69, 9.17) is 32.4 Å². The van der Waals surface area contributed by atoms with Crippen molar-refractivity contribution in [3.63, 3.8) is 0 Å². The van der Waals surface area contributed by atoms with Crippen LogP contribution in [0.4, 0.5) is 0 Å². The lowest BCUT2D eigenvalue weighted by atomic mass is 10.1. The number of rotatable bonds is 6. The van der Waals surface area contributed by atoms with Gasteiger partial charge in [0.1, 0.15) is 5.75 Å². The summed E-state index contributed by atoms with van der Waals surface area (Å²) in [6, 6.07) is 12.4. The lowest BCUT2D eigenvalue weighted by Gasteiger charge is -2.05. The van der Waals surface area contributed by atoms with Crippen LogP contribution in [-0.2, 0) is 6.42 Å². The number of aromatic nitrogens is 2. The van der Waals surface area contributed by atoms with Crippen LogP contribution in [0.15, 0.2) is 46.9 Å². The number of para-hydroxylation sites is 1. The van der Waals surface area contributed by atoms with Gasteiger partial charge in [0.05, 0.1) is 12.7 Å². The average Bonchev–Trinajstić information content (AvgIpc) is 3.13. The molecule has 8 heteroatoms. The molecule has 3 aromatic rings. The zero-order chi connectivity index (χ0) is 18.5. The molecule has 0 aliphatic heterocycles. The van der Waals surface area contributed by atoms with Crippen LogP contribution in [0, 0.1) is 0 Å². The van der Waals surface area contributed by atoms with Crippen molar-refractivity contribution in [2.45, 2.75) is 6.42 Å². The molecule has 134 valence electrons. The molecule has 1 N–H and O–H groups in total. The Kier molecular flexibility index (Phi) is 5.75. The molecule has 0 spiro atoms. The largest absolute Gasteiger partial charge is 0.496 e. The van der Waals surface area contributed by atoms with Gasteiger partial charge >= 0.3 is 11.8 Å². The van der Waals surface area contributed by atoms with Gasteiger partial charge in [-0.3, -0.25) is 4.79 Å². The highest BCUT2D eigenvalue weighted by Crippen LogP contribution is 2.28. The number of benzene rings is 2. The zero-order valence-corrected chi connectivity index (χ0v) is 15.3. The van der Waals surface area contributed by atoms with Crippen LogP contribution in [0.2, 0.25) is 10.0 Å². The molecule has 2 aromatic carbocycles. The van der Waals surface area contributed by atoms with Crippen LogP contribution in [0.5, 0.6) is 5.75 Å². The van der Waals surface area contributed by atoms with E-state index >= 15 is 0 Å². The van der Waals surface area contributed by atoms with Crippen molar-refractivity contribution in [3.05, 3.63) is 64.0 Å². The molecular formula is C18H15Cl2N3O3. The lowest BCUT2D eigenvalue weighted by molar-refractivity contribution is 0.0920. The fourth-order valence-corrected chi connectivity index (χ4v) is 2.86. The number of amides is 1. The molecule has 1 heterocycles. The summed E-state index contributed by atoms with van der Waals surface area (Å²) in [5.74, 6) is 0.227. The topological polar surface area (TPSA) is 77.2 Å². The highest BCUT2D eigenvalue weighted by molar-refractivity contribution is 6.35. The SMILES string of the molecule is COc1ccccc1-c1nnc(C(=O)NCCc2ccc(Cl)cc2Cl)o1. The lowest BCUT2D eigenvalue weighted by Crippen LogP contribution is -2.26. The number of methoxy groups -OCH3 is 1. The normalized spacial score (nSPS) is 10.6. The Bertz CT molecular complexity index is 928. The Morgan fingerprint density at radius 3 is 2.77 bits per heavy atom. The summed E-state index contributed by atoms with van der Waals surface area (Å²) >= 11 is 12.0. The first-order chi connectivity index (χ1) is 12.6. The summed E-state index contributed by atoms with van der Waals surface area (Å²) in [5.41, 5.74) is 1.51. The van der Waals surface area contributed by atoms with Crippen LogP contribution >= 0.6 is 23.2 Å². The van der Waals surface area contributed by atoms with E-state index in [2.05, 4.69) is 15.5 Å². The summed E-state index contributed by atoms with van der Waals surface area (Å²) in [6.45, 7) is 0.368. The molecule has 1 aromatic heterocycles. The quantitative estimate of drug-likeness (QED) is 0.686. The predicted molar refractivity (Wildman–Crippen MR) is 98.8 cm³/mol. The molecule has 0 atom stereocenters. The Hall–Kier alpha value is -2.57. The third-order valence-corrected chi connectivity index (χ3v) is 4.24. The third kappa shape index (κ3) is 4.15. The van der Waals surface area contributed by atoms with Crippen molar-refractivity contribution >= 4 is 29.1 Å². The van der Waals surface area contributed by atoms with Gasteiger partial charge in [-0.25, -0.2) is 0 Å². The van der Waals surface area contributed by atoms with Crippen LogP contribution in [0.3, 0.4) is 0 Å². The van der Waals surface area contributed by atoms with Crippen molar-refractivity contribution in [1.29, 1.82) is 0 Å². The molecule has 26 heavy (non-hydrogen) atoms. The number of nitrogens with one attached hydrogen (secondary N) is 1. The third-order valence-electron chi connectivity index (χ3n) is 3.65. The van der Waals surface area contributed by atoms with Crippen molar-refractivity contribution in [3.8, 4) is 17.2 Å². The van der Waals surface area contributed by atoms with E-state index in [0.29, 0.717) is 34.3 Å². The summed E-state index contributed by atoms with van der Waals surface area (Å²) in [5, 5.41) is 11.6. The minimum absolute atomic E-state index is 0.117. The van der Waals surface area contributed by atoms with Gasteiger partial charge in [0.15, 0.2) is 0 Å². The standard InChI is InChI=1S/C18H15Cl2N3O3/c1-25-15-5-3-2-4-13(15)17-22-23-18(26-17)16(24)21-9-8-11-6-7-12(19)10-14(11)20/h2-7,10H,8-9H2,1H3,(H,21,24). The molecule has 0 saturated carbocycles. The number of hydrogen-bond donors (Lipinski definition) is 1. The van der Waals surface area contributed by atoms with Gasteiger partial charge in [-0.1, -0.05) is 41.4 Å². The minimum atomic E-state index is -0.455. The molecule has 0 aliphatic rings. The monoisotopic (exact) mass is 391 g/mol. The summed E-state index contributed by atoms with van der Waals surface area (Å²) in [6.07, 6.45) is 0.551. The summed E-state index contributed by atoms with van der Waals surface area (Å²) in [7, 11) is 1.55. The van der Waals surface area contributed by atoms with E-state index in [1.165, 1.54) is 0 Å². The molecule has 1 amide bonds. The van der Waals surface area contributed by atoms with Crippen molar-refractivity contribution in [2.75, 3.05) is 13.7 Å². The van der Waals surface area contributed by atoms with Crippen molar-refractivity contribution < 1.29 is 13.9 Å². The first-order valence-electron chi connectivity index (χ1n) is 7.77. The smallest absolute Gasteiger partial charge is 0.308 e. The van der Waals surface area contributed by atoms with Gasteiger partial charge in [0.2, 0.25) is 0 Å². The van der Waals surface area contributed by atoms with Crippen LogP contribution < -0.4 is 10.1 Å². The first kappa shape index (κ1) is 18.2. The van der Waals surface area contributed by atoms with Crippen molar-refractivity contribution in [1.82, 2.24) is 15.5 Å². The fraction of sp³-hybridized carbons (Fsp3) is 0.167. The molecular weight excluding hydrogens is 377 g/mol. The van der Waals surface area contributed by atoms with E-state index in [-0.39, 0.29) is 11.8 Å². The van der Waals surface area contributed by atoms with Crippen LogP contribution in [0.25, 0.3) is 11.5 Å². The van der Waals surface area contributed by atoms with Crippen LogP contribution in [0.1, 0.15) is 16.2 Å². The van der Waals surface area contributed by atoms with Gasteiger partial charge in [0.25, 0.3) is 5.89 Å². The fourth-order valence-electron chi connectivity index (χ4n) is 2.36. The minimum Gasteiger partial charge on any atom is -0.496 e. The highest BCUT2D eigenvalue weighted by atomic mass is 35.5. The number of nitrogens with zero attached hydrogens (tertiary/aromatic N) is 2. The second-order valence-corrected chi connectivity index (χ2v) is 6.20. The van der Waals surface area contributed by atoms with E-state index in [9.17, 15) is 4.79 Å². The van der Waals surface area contributed by atoms with E-state index in [1.807, 2.05) is 18.2 Å². The maximum atomic E-state index is 12.2. The Morgan fingerprint density at radius 2 is 2.00 bits per heavy atom. The molecule has 3 rings (SSSR count). The highest BCUT2D eigenvalue weighted by Gasteiger charge is 2.17. The van der Waals surface area contributed by atoms with Crippen LogP contribution in [-0.4, -0.2) is 29.8 Å². The molecule has 0 unspecified atom stereocenters. The second-order valence-electron chi connectivity index (χ2n) is 5.35. The van der Waals surface area contributed by atoms with Gasteiger partial charge in [-0.15, -0.1) is 10.2 Å². The molecule has 0 saturated heterocycles. The molecule has 0 radical (unpaired) electrons. The maximum Gasteiger partial charge on any atom is 0.308 e. The Labute approximate surface area is 160 Å². The van der Waals surface area contributed by atoms with Gasteiger partial charge in [-0.2, -0.15) is 0 Å². The first-order valence-corrected chi connectivity index (χ1v) is 8.53. The van der Waals surface area contributed by atoms with E-state index in [0.717, 1.165) is 5.56 Å². The number of carbonyl (C=O) groups is 1. The maximum absolute atomic E-state index is 12.2. The summed E-state index contributed by atoms with van der Waals surface area (Å²) < 4.78 is 10.7. The second kappa shape index (κ2) is 8.21. The van der Waals surface area contributed by atoms with Crippen molar-refractivity contribution in [2.24, 2.45) is 0 Å². The van der Waals surface area contributed by atoms with E-state index in [1.54, 1.807) is 31.4 Å². The van der Waals surface area contributed by atoms with Gasteiger partial charge < -0.3 is 14.5 Å². The average molecular weight is 392 g/mol. The predicted octanol–water partition coefficient (Wildman–Crippen LogP) is 4.02. The number of hydrogen-bond acceptors (Lipinski definition) is 5. The number of ether oxygens (including phenoxy) is 1. The Balaban J connectivity index is 1.63. The number of carbonyl (C=O) groups excluding carboxylic acids is 1.